The Morgan fingerprint density at radius 1 is 1.37 bits per heavy atom. The second-order valence-electron chi connectivity index (χ2n) is 4.49. The molecule has 2 nitrogen and oxygen atoms in total. The van der Waals surface area contributed by atoms with Crippen LogP contribution in [0.1, 0.15) is 38.7 Å². The number of terminal acetylenes is 1. The van der Waals surface area contributed by atoms with Crippen LogP contribution in [-0.2, 0) is 6.54 Å². The molecule has 0 saturated heterocycles. The molecule has 1 atom stereocenters. The SMILES string of the molecule is C#CC(CCC)NCc1cc(Br)ccc1OCCC. The minimum atomic E-state index is 0.128. The van der Waals surface area contributed by atoms with Gasteiger partial charge in [0.05, 0.1) is 12.6 Å². The molecule has 0 spiro atoms. The lowest BCUT2D eigenvalue weighted by atomic mass is 10.1. The number of benzene rings is 1. The van der Waals surface area contributed by atoms with Crippen LogP contribution in [0.4, 0.5) is 0 Å². The van der Waals surface area contributed by atoms with Crippen molar-refractivity contribution in [1.29, 1.82) is 0 Å². The van der Waals surface area contributed by atoms with E-state index in [2.05, 4.69) is 47.1 Å². The highest BCUT2D eigenvalue weighted by molar-refractivity contribution is 9.10. The van der Waals surface area contributed by atoms with Gasteiger partial charge in [-0.3, -0.25) is 5.32 Å². The summed E-state index contributed by atoms with van der Waals surface area (Å²) in [4.78, 5) is 0. The molecular formula is C16H22BrNO. The predicted molar refractivity (Wildman–Crippen MR) is 84.3 cm³/mol. The van der Waals surface area contributed by atoms with Gasteiger partial charge in [-0.1, -0.05) is 42.1 Å². The van der Waals surface area contributed by atoms with Gasteiger partial charge in [-0.25, -0.2) is 0 Å². The summed E-state index contributed by atoms with van der Waals surface area (Å²) in [5.74, 6) is 3.72. The molecule has 0 fully saturated rings. The third-order valence-electron chi connectivity index (χ3n) is 2.80. The Morgan fingerprint density at radius 3 is 2.79 bits per heavy atom. The van der Waals surface area contributed by atoms with Crippen LogP contribution in [0.25, 0.3) is 0 Å². The van der Waals surface area contributed by atoms with Crippen LogP contribution in [0, 0.1) is 12.3 Å². The smallest absolute Gasteiger partial charge is 0.123 e. The first-order valence-electron chi connectivity index (χ1n) is 6.82. The molecule has 1 N–H and O–H groups in total. The Balaban J connectivity index is 2.69. The number of halogens is 1. The Hall–Kier alpha value is -0.980. The Kier molecular flexibility index (Phi) is 7.62. The first-order chi connectivity index (χ1) is 9.21. The molecule has 3 heteroatoms. The lowest BCUT2D eigenvalue weighted by Gasteiger charge is -2.15. The van der Waals surface area contributed by atoms with E-state index in [1.54, 1.807) is 0 Å². The van der Waals surface area contributed by atoms with Gasteiger partial charge in [-0.05, 0) is 31.0 Å². The highest BCUT2D eigenvalue weighted by Gasteiger charge is 2.08. The fourth-order valence-electron chi connectivity index (χ4n) is 1.81. The summed E-state index contributed by atoms with van der Waals surface area (Å²) in [6, 6.07) is 6.21. The molecule has 0 aromatic heterocycles. The van der Waals surface area contributed by atoms with Crippen molar-refractivity contribution in [3.05, 3.63) is 28.2 Å². The molecule has 0 aliphatic carbocycles. The molecule has 1 unspecified atom stereocenters. The monoisotopic (exact) mass is 323 g/mol. The van der Waals surface area contributed by atoms with Gasteiger partial charge in [0.2, 0.25) is 0 Å². The summed E-state index contributed by atoms with van der Waals surface area (Å²) >= 11 is 3.50. The van der Waals surface area contributed by atoms with Crippen LogP contribution in [0.2, 0.25) is 0 Å². The van der Waals surface area contributed by atoms with Crippen molar-refractivity contribution in [2.24, 2.45) is 0 Å². The molecule has 0 heterocycles. The second kappa shape index (κ2) is 9.01. The van der Waals surface area contributed by atoms with Crippen molar-refractivity contribution in [3.63, 3.8) is 0 Å². The number of hydrogen-bond donors (Lipinski definition) is 1. The second-order valence-corrected chi connectivity index (χ2v) is 5.41. The van der Waals surface area contributed by atoms with Gasteiger partial charge in [0, 0.05) is 16.6 Å². The van der Waals surface area contributed by atoms with Crippen LogP contribution >= 0.6 is 15.9 Å². The minimum absolute atomic E-state index is 0.128. The van der Waals surface area contributed by atoms with E-state index in [4.69, 9.17) is 11.2 Å². The van der Waals surface area contributed by atoms with E-state index >= 15 is 0 Å². The molecule has 0 bridgehead atoms. The van der Waals surface area contributed by atoms with Gasteiger partial charge < -0.3 is 4.74 Å². The summed E-state index contributed by atoms with van der Waals surface area (Å²) in [6.45, 7) is 5.71. The molecule has 0 aliphatic heterocycles. The summed E-state index contributed by atoms with van der Waals surface area (Å²) in [5, 5.41) is 3.39. The third-order valence-corrected chi connectivity index (χ3v) is 3.29. The zero-order chi connectivity index (χ0) is 14.1. The summed E-state index contributed by atoms with van der Waals surface area (Å²) < 4.78 is 6.81. The number of hydrogen-bond acceptors (Lipinski definition) is 2. The normalized spacial score (nSPS) is 11.9. The van der Waals surface area contributed by atoms with Gasteiger partial charge >= 0.3 is 0 Å². The van der Waals surface area contributed by atoms with Crippen molar-refractivity contribution < 1.29 is 4.74 Å². The van der Waals surface area contributed by atoms with E-state index in [0.29, 0.717) is 0 Å². The van der Waals surface area contributed by atoms with Crippen molar-refractivity contribution in [3.8, 4) is 18.1 Å². The Labute approximate surface area is 125 Å². The molecular weight excluding hydrogens is 302 g/mol. The van der Waals surface area contributed by atoms with E-state index < -0.39 is 0 Å². The van der Waals surface area contributed by atoms with E-state index in [1.165, 1.54) is 0 Å². The summed E-state index contributed by atoms with van der Waals surface area (Å²) in [7, 11) is 0. The average molecular weight is 324 g/mol. The van der Waals surface area contributed by atoms with E-state index in [0.717, 1.165) is 48.2 Å². The van der Waals surface area contributed by atoms with Crippen molar-refractivity contribution in [1.82, 2.24) is 5.32 Å². The summed E-state index contributed by atoms with van der Waals surface area (Å²) in [6.07, 6.45) is 8.60. The van der Waals surface area contributed by atoms with E-state index in [-0.39, 0.29) is 6.04 Å². The molecule has 0 saturated carbocycles. The van der Waals surface area contributed by atoms with Gasteiger partial charge in [-0.15, -0.1) is 6.42 Å². The minimum Gasteiger partial charge on any atom is -0.493 e. The highest BCUT2D eigenvalue weighted by Crippen LogP contribution is 2.23. The van der Waals surface area contributed by atoms with Crippen LogP contribution in [0.15, 0.2) is 22.7 Å². The van der Waals surface area contributed by atoms with Crippen LogP contribution in [0.3, 0.4) is 0 Å². The molecule has 0 aliphatic rings. The molecule has 1 aromatic rings. The van der Waals surface area contributed by atoms with Gasteiger partial charge in [-0.2, -0.15) is 0 Å². The maximum Gasteiger partial charge on any atom is 0.123 e. The summed E-state index contributed by atoms with van der Waals surface area (Å²) in [5.41, 5.74) is 1.14. The average Bonchev–Trinajstić information content (AvgIpc) is 2.42. The Bertz CT molecular complexity index is 425. The van der Waals surface area contributed by atoms with Crippen LogP contribution in [0.5, 0.6) is 5.75 Å². The standard InChI is InChI=1S/C16H22BrNO/c1-4-7-15(6-3)18-12-13-11-14(17)8-9-16(13)19-10-5-2/h3,8-9,11,15,18H,4-5,7,10,12H2,1-2H3. The maximum atomic E-state index is 5.75. The molecule has 0 amide bonds. The fraction of sp³-hybridized carbons (Fsp3) is 0.500. The topological polar surface area (TPSA) is 21.3 Å². The highest BCUT2D eigenvalue weighted by atomic mass is 79.9. The lowest BCUT2D eigenvalue weighted by Crippen LogP contribution is -2.27. The molecule has 19 heavy (non-hydrogen) atoms. The van der Waals surface area contributed by atoms with Crippen molar-refractivity contribution >= 4 is 15.9 Å². The predicted octanol–water partition coefficient (Wildman–Crippen LogP) is 4.13. The molecule has 1 aromatic carbocycles. The van der Waals surface area contributed by atoms with Gasteiger partial charge in [0.1, 0.15) is 5.75 Å². The van der Waals surface area contributed by atoms with Crippen LogP contribution < -0.4 is 10.1 Å². The van der Waals surface area contributed by atoms with Crippen molar-refractivity contribution in [2.75, 3.05) is 6.61 Å². The first-order valence-corrected chi connectivity index (χ1v) is 7.61. The molecule has 0 radical (unpaired) electrons. The van der Waals surface area contributed by atoms with E-state index in [1.807, 2.05) is 12.1 Å². The third kappa shape index (κ3) is 5.67. The van der Waals surface area contributed by atoms with Crippen molar-refractivity contribution in [2.45, 2.75) is 45.7 Å². The number of ether oxygens (including phenoxy) is 1. The lowest BCUT2D eigenvalue weighted by molar-refractivity contribution is 0.313. The maximum absolute atomic E-state index is 5.75. The van der Waals surface area contributed by atoms with E-state index in [9.17, 15) is 0 Å². The Morgan fingerprint density at radius 2 is 2.16 bits per heavy atom. The number of nitrogens with one attached hydrogen (secondary N) is 1. The largest absolute Gasteiger partial charge is 0.493 e. The quantitative estimate of drug-likeness (QED) is 0.726. The number of rotatable bonds is 8. The first kappa shape index (κ1) is 16.1. The fourth-order valence-corrected chi connectivity index (χ4v) is 2.21. The van der Waals surface area contributed by atoms with Gasteiger partial charge in [0.15, 0.2) is 0 Å². The zero-order valence-electron chi connectivity index (χ0n) is 11.7. The molecule has 1 rings (SSSR count). The molecule has 104 valence electrons. The van der Waals surface area contributed by atoms with Gasteiger partial charge in [0.25, 0.3) is 0 Å². The zero-order valence-corrected chi connectivity index (χ0v) is 13.3. The van der Waals surface area contributed by atoms with Crippen LogP contribution in [-0.4, -0.2) is 12.6 Å².